The maximum absolute atomic E-state index is 12.1. The van der Waals surface area contributed by atoms with E-state index in [0.717, 1.165) is 48.6 Å². The summed E-state index contributed by atoms with van der Waals surface area (Å²) in [7, 11) is 0. The molecule has 166 valence electrons. The van der Waals surface area contributed by atoms with Crippen molar-refractivity contribution in [3.05, 3.63) is 77.9 Å². The Morgan fingerprint density at radius 1 is 1.00 bits per heavy atom. The molecule has 0 unspecified atom stereocenters. The lowest BCUT2D eigenvalue weighted by molar-refractivity contribution is -0.117. The molecule has 3 N–H and O–H groups in total. The van der Waals surface area contributed by atoms with E-state index in [-0.39, 0.29) is 0 Å². The van der Waals surface area contributed by atoms with Crippen LogP contribution in [0.1, 0.15) is 11.1 Å². The van der Waals surface area contributed by atoms with Crippen molar-refractivity contribution in [2.75, 3.05) is 43.8 Å². The Bertz CT molecular complexity index is 1030. The fourth-order valence-electron chi connectivity index (χ4n) is 3.68. The standard InChI is InChI=1S/C25H29N5O2/c1-19-5-11-22(12-6-19)27-25(31)32-30-17-15-29(16-18-30)14-13-20-7-9-21(10-8-20)23-3-2-4-24(26)28-23/h2-12H,13-18H2,1H3,(H2,26,28)(H,27,31). The third kappa shape index (κ3) is 6.06. The van der Waals surface area contributed by atoms with Gasteiger partial charge in [0.05, 0.1) is 5.69 Å². The number of hydroxylamine groups is 2. The van der Waals surface area contributed by atoms with Crippen LogP contribution in [-0.2, 0) is 11.3 Å². The quantitative estimate of drug-likeness (QED) is 0.615. The van der Waals surface area contributed by atoms with Gasteiger partial charge in [-0.2, -0.15) is 0 Å². The van der Waals surface area contributed by atoms with Crippen LogP contribution in [0, 0.1) is 6.92 Å². The van der Waals surface area contributed by atoms with Crippen LogP contribution in [0.4, 0.5) is 16.3 Å². The van der Waals surface area contributed by atoms with E-state index in [1.165, 1.54) is 5.56 Å². The number of nitrogens with zero attached hydrogens (tertiary/aromatic N) is 3. The van der Waals surface area contributed by atoms with Crippen molar-refractivity contribution in [2.24, 2.45) is 0 Å². The number of aromatic nitrogens is 1. The maximum atomic E-state index is 12.1. The Hall–Kier alpha value is -3.42. The molecule has 1 saturated heterocycles. The summed E-state index contributed by atoms with van der Waals surface area (Å²) in [5.41, 5.74) is 10.9. The molecule has 0 aliphatic carbocycles. The number of piperazine rings is 1. The number of carbonyl (C=O) groups excluding carboxylic acids is 1. The topological polar surface area (TPSA) is 83.7 Å². The smallest absolute Gasteiger partial charge is 0.384 e. The average molecular weight is 432 g/mol. The first kappa shape index (κ1) is 21.8. The minimum atomic E-state index is -0.447. The highest BCUT2D eigenvalue weighted by Gasteiger charge is 2.20. The molecule has 32 heavy (non-hydrogen) atoms. The SMILES string of the molecule is Cc1ccc(NC(=O)ON2CCN(CCc3ccc(-c4cccc(N)n4)cc3)CC2)cc1. The molecule has 7 heteroatoms. The van der Waals surface area contributed by atoms with E-state index >= 15 is 0 Å². The number of nitrogens with two attached hydrogens (primary N) is 1. The van der Waals surface area contributed by atoms with Gasteiger partial charge in [0.25, 0.3) is 0 Å². The number of hydrogen-bond acceptors (Lipinski definition) is 6. The molecular weight excluding hydrogens is 402 g/mol. The van der Waals surface area contributed by atoms with E-state index in [0.29, 0.717) is 18.9 Å². The summed E-state index contributed by atoms with van der Waals surface area (Å²) < 4.78 is 0. The van der Waals surface area contributed by atoms with Gasteiger partial charge >= 0.3 is 6.09 Å². The Labute approximate surface area is 188 Å². The van der Waals surface area contributed by atoms with Crippen molar-refractivity contribution in [3.63, 3.8) is 0 Å². The van der Waals surface area contributed by atoms with Crippen LogP contribution in [0.25, 0.3) is 11.3 Å². The average Bonchev–Trinajstić information content (AvgIpc) is 2.80. The first-order valence-electron chi connectivity index (χ1n) is 10.9. The van der Waals surface area contributed by atoms with Crippen LogP contribution in [0.5, 0.6) is 0 Å². The number of aryl methyl sites for hydroxylation is 1. The molecule has 0 atom stereocenters. The van der Waals surface area contributed by atoms with E-state index in [2.05, 4.69) is 39.5 Å². The molecule has 1 fully saturated rings. The number of nitrogen functional groups attached to an aromatic ring is 1. The molecule has 0 radical (unpaired) electrons. The first-order valence-corrected chi connectivity index (χ1v) is 10.9. The minimum absolute atomic E-state index is 0.447. The zero-order chi connectivity index (χ0) is 22.3. The number of nitrogens with one attached hydrogen (secondary N) is 1. The van der Waals surface area contributed by atoms with Crippen molar-refractivity contribution in [1.29, 1.82) is 0 Å². The van der Waals surface area contributed by atoms with Crippen LogP contribution >= 0.6 is 0 Å². The lowest BCUT2D eigenvalue weighted by Gasteiger charge is -2.33. The lowest BCUT2D eigenvalue weighted by atomic mass is 10.1. The number of rotatable bonds is 6. The van der Waals surface area contributed by atoms with Gasteiger partial charge in [0.2, 0.25) is 0 Å². The molecule has 0 spiro atoms. The molecule has 1 aliphatic heterocycles. The van der Waals surface area contributed by atoms with Crippen molar-refractivity contribution in [2.45, 2.75) is 13.3 Å². The molecule has 2 heterocycles. The van der Waals surface area contributed by atoms with E-state index in [1.54, 1.807) is 11.1 Å². The Balaban J connectivity index is 1.19. The normalized spacial score (nSPS) is 14.8. The number of benzene rings is 2. The molecule has 1 amide bonds. The fraction of sp³-hybridized carbons (Fsp3) is 0.280. The summed E-state index contributed by atoms with van der Waals surface area (Å²) in [6, 6.07) is 21.8. The van der Waals surface area contributed by atoms with Crippen molar-refractivity contribution >= 4 is 17.6 Å². The van der Waals surface area contributed by atoms with Gasteiger partial charge in [-0.05, 0) is 43.2 Å². The molecule has 3 aromatic rings. The maximum Gasteiger partial charge on any atom is 0.430 e. The summed E-state index contributed by atoms with van der Waals surface area (Å²) >= 11 is 0. The van der Waals surface area contributed by atoms with Crippen LogP contribution in [0.15, 0.2) is 66.7 Å². The highest BCUT2D eigenvalue weighted by Crippen LogP contribution is 2.19. The molecule has 1 aromatic heterocycles. The first-order chi connectivity index (χ1) is 15.5. The van der Waals surface area contributed by atoms with Crippen LogP contribution < -0.4 is 11.1 Å². The van der Waals surface area contributed by atoms with Gasteiger partial charge < -0.3 is 15.5 Å². The summed E-state index contributed by atoms with van der Waals surface area (Å²) in [4.78, 5) is 24.3. The monoisotopic (exact) mass is 431 g/mol. The van der Waals surface area contributed by atoms with Gasteiger partial charge in [0, 0.05) is 44.0 Å². The highest BCUT2D eigenvalue weighted by molar-refractivity contribution is 5.84. The van der Waals surface area contributed by atoms with Gasteiger partial charge in [0.1, 0.15) is 5.82 Å². The second kappa shape index (κ2) is 10.3. The van der Waals surface area contributed by atoms with Crippen molar-refractivity contribution < 1.29 is 9.63 Å². The van der Waals surface area contributed by atoms with Gasteiger partial charge in [0.15, 0.2) is 0 Å². The zero-order valence-electron chi connectivity index (χ0n) is 18.3. The lowest BCUT2D eigenvalue weighted by Crippen LogP contribution is -2.47. The van der Waals surface area contributed by atoms with Gasteiger partial charge in [-0.3, -0.25) is 5.32 Å². The summed E-state index contributed by atoms with van der Waals surface area (Å²) in [5.74, 6) is 0.530. The van der Waals surface area contributed by atoms with Gasteiger partial charge in [-0.1, -0.05) is 48.0 Å². The number of carbonyl (C=O) groups is 1. The zero-order valence-corrected chi connectivity index (χ0v) is 18.3. The Morgan fingerprint density at radius 3 is 2.41 bits per heavy atom. The highest BCUT2D eigenvalue weighted by atomic mass is 16.7. The van der Waals surface area contributed by atoms with Crippen molar-refractivity contribution in [1.82, 2.24) is 14.9 Å². The molecule has 1 aliphatic rings. The number of anilines is 2. The third-order valence-electron chi connectivity index (χ3n) is 5.58. The molecule has 7 nitrogen and oxygen atoms in total. The molecule has 4 rings (SSSR count). The van der Waals surface area contributed by atoms with Crippen molar-refractivity contribution in [3.8, 4) is 11.3 Å². The Kier molecular flexibility index (Phi) is 6.99. The van der Waals surface area contributed by atoms with E-state index < -0.39 is 6.09 Å². The van der Waals surface area contributed by atoms with Crippen LogP contribution in [0.3, 0.4) is 0 Å². The molecular formula is C25H29N5O2. The second-order valence-electron chi connectivity index (χ2n) is 8.04. The van der Waals surface area contributed by atoms with Crippen LogP contribution in [-0.4, -0.2) is 53.8 Å². The summed E-state index contributed by atoms with van der Waals surface area (Å²) in [6.07, 6.45) is 0.524. The van der Waals surface area contributed by atoms with E-state index in [9.17, 15) is 4.79 Å². The molecule has 0 saturated carbocycles. The van der Waals surface area contributed by atoms with E-state index in [4.69, 9.17) is 10.6 Å². The largest absolute Gasteiger partial charge is 0.430 e. The molecule has 2 aromatic carbocycles. The van der Waals surface area contributed by atoms with Crippen LogP contribution in [0.2, 0.25) is 0 Å². The summed E-state index contributed by atoms with van der Waals surface area (Å²) in [5, 5.41) is 4.50. The minimum Gasteiger partial charge on any atom is -0.384 e. The fourth-order valence-corrected chi connectivity index (χ4v) is 3.68. The van der Waals surface area contributed by atoms with E-state index in [1.807, 2.05) is 43.3 Å². The number of amides is 1. The number of hydrogen-bond donors (Lipinski definition) is 2. The van der Waals surface area contributed by atoms with Gasteiger partial charge in [-0.25, -0.2) is 9.78 Å². The second-order valence-corrected chi connectivity index (χ2v) is 8.04. The van der Waals surface area contributed by atoms with Gasteiger partial charge in [-0.15, -0.1) is 5.06 Å². The Morgan fingerprint density at radius 2 is 1.72 bits per heavy atom. The predicted octanol–water partition coefficient (Wildman–Crippen LogP) is 3.96. The molecule has 0 bridgehead atoms. The number of pyridine rings is 1. The predicted molar refractivity (Wildman–Crippen MR) is 127 cm³/mol. The summed E-state index contributed by atoms with van der Waals surface area (Å²) in [6.45, 7) is 6.10. The third-order valence-corrected chi connectivity index (χ3v) is 5.58.